The quantitative estimate of drug-likeness (QED) is 0.527. The van der Waals surface area contributed by atoms with E-state index in [1.165, 1.54) is 16.6 Å². The van der Waals surface area contributed by atoms with Gasteiger partial charge in [0, 0.05) is 61.7 Å². The monoisotopic (exact) mass is 471 g/mol. The molecule has 6 heteroatoms. The number of rotatable bonds is 7. The van der Waals surface area contributed by atoms with Crippen molar-refractivity contribution in [1.29, 1.82) is 0 Å². The normalized spacial score (nSPS) is 18.3. The van der Waals surface area contributed by atoms with Crippen LogP contribution in [0.5, 0.6) is 0 Å². The van der Waals surface area contributed by atoms with Crippen LogP contribution in [0.2, 0.25) is 0 Å². The Balaban J connectivity index is 1.21. The molecule has 1 N–H and O–H groups in total. The molecule has 2 aliphatic rings. The van der Waals surface area contributed by atoms with Gasteiger partial charge in [0.2, 0.25) is 0 Å². The van der Waals surface area contributed by atoms with Gasteiger partial charge in [0.25, 0.3) is 0 Å². The number of aromatic nitrogens is 1. The van der Waals surface area contributed by atoms with E-state index in [1.807, 2.05) is 11.8 Å². The molecule has 0 atom stereocenters. The second-order valence-corrected chi connectivity index (χ2v) is 9.97. The molecule has 35 heavy (non-hydrogen) atoms. The van der Waals surface area contributed by atoms with Crippen LogP contribution in [0.25, 0.3) is 10.9 Å². The highest BCUT2D eigenvalue weighted by Crippen LogP contribution is 2.34. The van der Waals surface area contributed by atoms with Crippen molar-refractivity contribution in [3.8, 4) is 0 Å². The molecule has 6 nitrogen and oxygen atoms in total. The van der Waals surface area contributed by atoms with Crippen molar-refractivity contribution < 1.29 is 4.79 Å². The van der Waals surface area contributed by atoms with E-state index >= 15 is 0 Å². The number of nitrogens with one attached hydrogen (secondary N) is 1. The molecule has 2 aliphatic heterocycles. The van der Waals surface area contributed by atoms with E-state index in [0.29, 0.717) is 0 Å². The Kier molecular flexibility index (Phi) is 6.65. The largest absolute Gasteiger partial charge is 0.368 e. The highest BCUT2D eigenvalue weighted by Gasteiger charge is 2.43. The standard InChI is InChI=1S/C29H37N5O/c1-4-29(5-2)21-30-28(35)34(29)24-9-6-8-23(20-24)14-15-32-16-18-33(19-17-32)27-11-7-10-26-25(27)13-12-22(3)31-26/h6-13,20H,4-5,14-19,21H2,1-3H3,(H,30,35). The maximum absolute atomic E-state index is 12.7. The molecule has 0 radical (unpaired) electrons. The van der Waals surface area contributed by atoms with Crippen LogP contribution in [0.1, 0.15) is 37.9 Å². The van der Waals surface area contributed by atoms with Gasteiger partial charge in [0.15, 0.2) is 0 Å². The number of piperazine rings is 1. The molecule has 0 bridgehead atoms. The molecule has 2 saturated heterocycles. The summed E-state index contributed by atoms with van der Waals surface area (Å²) in [5.41, 5.74) is 5.62. The molecule has 0 aliphatic carbocycles. The minimum Gasteiger partial charge on any atom is -0.368 e. The third-order valence-electron chi connectivity index (χ3n) is 8.01. The summed E-state index contributed by atoms with van der Waals surface area (Å²) in [5.74, 6) is 0. The van der Waals surface area contributed by atoms with Gasteiger partial charge in [-0.3, -0.25) is 14.8 Å². The summed E-state index contributed by atoms with van der Waals surface area (Å²) in [6.07, 6.45) is 2.89. The second-order valence-electron chi connectivity index (χ2n) is 9.97. The zero-order chi connectivity index (χ0) is 24.4. The van der Waals surface area contributed by atoms with E-state index in [-0.39, 0.29) is 11.6 Å². The summed E-state index contributed by atoms with van der Waals surface area (Å²) < 4.78 is 0. The molecule has 5 rings (SSSR count). The zero-order valence-electron chi connectivity index (χ0n) is 21.3. The molecule has 2 amide bonds. The lowest BCUT2D eigenvalue weighted by Gasteiger charge is -2.37. The lowest BCUT2D eigenvalue weighted by molar-refractivity contribution is 0.250. The summed E-state index contributed by atoms with van der Waals surface area (Å²) in [4.78, 5) is 24.4. The number of hydrogen-bond donors (Lipinski definition) is 1. The number of urea groups is 1. The summed E-state index contributed by atoms with van der Waals surface area (Å²) in [6.45, 7) is 12.3. The van der Waals surface area contributed by atoms with Crippen LogP contribution in [0.4, 0.5) is 16.2 Å². The second kappa shape index (κ2) is 9.86. The van der Waals surface area contributed by atoms with E-state index in [9.17, 15) is 4.79 Å². The van der Waals surface area contributed by atoms with Crippen molar-refractivity contribution in [1.82, 2.24) is 15.2 Å². The highest BCUT2D eigenvalue weighted by atomic mass is 16.2. The first-order chi connectivity index (χ1) is 17.0. The van der Waals surface area contributed by atoms with E-state index in [0.717, 1.165) is 75.4 Å². The van der Waals surface area contributed by atoms with E-state index < -0.39 is 0 Å². The average molecular weight is 472 g/mol. The minimum absolute atomic E-state index is 0.0285. The summed E-state index contributed by atoms with van der Waals surface area (Å²) >= 11 is 0. The SMILES string of the molecule is CCC1(CC)CNC(=O)N1c1cccc(CCN2CCN(c3cccc4nc(C)ccc34)CC2)c1. The molecular formula is C29H37N5O. The number of nitrogens with zero attached hydrogens (tertiary/aromatic N) is 4. The Morgan fingerprint density at radius 3 is 2.51 bits per heavy atom. The number of hydrogen-bond acceptors (Lipinski definition) is 4. The number of anilines is 2. The zero-order valence-corrected chi connectivity index (χ0v) is 21.3. The first-order valence-electron chi connectivity index (χ1n) is 13.0. The maximum atomic E-state index is 12.7. The minimum atomic E-state index is -0.123. The third-order valence-corrected chi connectivity index (χ3v) is 8.01. The lowest BCUT2D eigenvalue weighted by Crippen LogP contribution is -2.47. The first-order valence-corrected chi connectivity index (χ1v) is 13.0. The Bertz CT molecular complexity index is 1200. The van der Waals surface area contributed by atoms with Crippen LogP contribution in [-0.4, -0.2) is 60.7 Å². The third kappa shape index (κ3) is 4.59. The molecule has 2 aromatic carbocycles. The molecule has 3 heterocycles. The van der Waals surface area contributed by atoms with Crippen molar-refractivity contribution >= 4 is 28.3 Å². The van der Waals surface area contributed by atoms with Crippen LogP contribution in [0, 0.1) is 6.92 Å². The number of carbonyl (C=O) groups is 1. The van der Waals surface area contributed by atoms with Crippen molar-refractivity contribution in [2.75, 3.05) is 49.1 Å². The van der Waals surface area contributed by atoms with Crippen LogP contribution < -0.4 is 15.1 Å². The predicted octanol–water partition coefficient (Wildman–Crippen LogP) is 5.00. The Labute approximate surface area is 208 Å². The summed E-state index contributed by atoms with van der Waals surface area (Å²) in [7, 11) is 0. The molecule has 0 unspecified atom stereocenters. The fraction of sp³-hybridized carbons (Fsp3) is 0.448. The molecule has 3 aromatic rings. The topological polar surface area (TPSA) is 51.7 Å². The van der Waals surface area contributed by atoms with Crippen molar-refractivity contribution in [2.45, 2.75) is 45.6 Å². The number of pyridine rings is 1. The molecule has 1 aromatic heterocycles. The van der Waals surface area contributed by atoms with Crippen LogP contribution >= 0.6 is 0 Å². The van der Waals surface area contributed by atoms with Gasteiger partial charge >= 0.3 is 6.03 Å². The number of benzene rings is 2. The van der Waals surface area contributed by atoms with Crippen molar-refractivity contribution in [3.05, 3.63) is 65.9 Å². The van der Waals surface area contributed by atoms with Crippen molar-refractivity contribution in [3.63, 3.8) is 0 Å². The van der Waals surface area contributed by atoms with Gasteiger partial charge in [-0.1, -0.05) is 32.0 Å². The Hall–Kier alpha value is -3.12. The highest BCUT2D eigenvalue weighted by molar-refractivity contribution is 5.96. The maximum Gasteiger partial charge on any atom is 0.322 e. The molecule has 184 valence electrons. The van der Waals surface area contributed by atoms with E-state index in [4.69, 9.17) is 4.98 Å². The fourth-order valence-electron chi connectivity index (χ4n) is 5.69. The van der Waals surface area contributed by atoms with Crippen LogP contribution in [0.15, 0.2) is 54.6 Å². The van der Waals surface area contributed by atoms with Gasteiger partial charge < -0.3 is 10.2 Å². The number of amides is 2. The predicted molar refractivity (Wildman–Crippen MR) is 144 cm³/mol. The van der Waals surface area contributed by atoms with Gasteiger partial charge in [-0.25, -0.2) is 4.79 Å². The molecule has 2 fully saturated rings. The number of aryl methyl sites for hydroxylation is 1. The molecular weight excluding hydrogens is 434 g/mol. The Morgan fingerprint density at radius 1 is 0.971 bits per heavy atom. The van der Waals surface area contributed by atoms with Crippen LogP contribution in [-0.2, 0) is 6.42 Å². The van der Waals surface area contributed by atoms with E-state index in [2.05, 4.69) is 83.6 Å². The molecule has 0 saturated carbocycles. The summed E-state index contributed by atoms with van der Waals surface area (Å²) in [6, 6.07) is 19.4. The average Bonchev–Trinajstić information content (AvgIpc) is 3.24. The van der Waals surface area contributed by atoms with Gasteiger partial charge in [-0.15, -0.1) is 0 Å². The van der Waals surface area contributed by atoms with Gasteiger partial charge in [-0.2, -0.15) is 0 Å². The van der Waals surface area contributed by atoms with Gasteiger partial charge in [0.1, 0.15) is 0 Å². The van der Waals surface area contributed by atoms with Crippen LogP contribution in [0.3, 0.4) is 0 Å². The summed E-state index contributed by atoms with van der Waals surface area (Å²) in [5, 5.41) is 4.31. The van der Waals surface area contributed by atoms with Gasteiger partial charge in [-0.05, 0) is 68.1 Å². The smallest absolute Gasteiger partial charge is 0.322 e. The Morgan fingerprint density at radius 2 is 1.74 bits per heavy atom. The van der Waals surface area contributed by atoms with E-state index in [1.54, 1.807) is 0 Å². The number of fused-ring (bicyclic) bond motifs is 1. The molecule has 0 spiro atoms. The first kappa shape index (κ1) is 23.6. The van der Waals surface area contributed by atoms with Crippen molar-refractivity contribution in [2.24, 2.45) is 0 Å². The lowest BCUT2D eigenvalue weighted by atomic mass is 9.91. The van der Waals surface area contributed by atoms with Gasteiger partial charge in [0.05, 0.1) is 11.1 Å². The number of carbonyl (C=O) groups excluding carboxylic acids is 1. The fourth-order valence-corrected chi connectivity index (χ4v) is 5.69.